The maximum absolute atomic E-state index is 13.2. The highest BCUT2D eigenvalue weighted by Gasteiger charge is 2.17. The Hall–Kier alpha value is -1.00. The van der Waals surface area contributed by atoms with E-state index < -0.39 is 11.6 Å². The van der Waals surface area contributed by atoms with Crippen LogP contribution in [0.4, 0.5) is 8.78 Å². The van der Waals surface area contributed by atoms with Gasteiger partial charge in [0.15, 0.2) is 11.6 Å². The van der Waals surface area contributed by atoms with Crippen LogP contribution in [-0.2, 0) is 4.74 Å². The molecular weight excluding hydrogens is 248 g/mol. The van der Waals surface area contributed by atoms with E-state index in [9.17, 15) is 8.78 Å². The van der Waals surface area contributed by atoms with Gasteiger partial charge in [-0.3, -0.25) is 0 Å². The van der Waals surface area contributed by atoms with E-state index in [-0.39, 0.29) is 12.1 Å². The van der Waals surface area contributed by atoms with E-state index in [1.54, 1.807) is 6.07 Å². The van der Waals surface area contributed by atoms with E-state index in [1.165, 1.54) is 6.07 Å². The van der Waals surface area contributed by atoms with Crippen LogP contribution in [0.5, 0.6) is 0 Å². The van der Waals surface area contributed by atoms with E-state index >= 15 is 0 Å². The predicted molar refractivity (Wildman–Crippen MR) is 73.0 cm³/mol. The fourth-order valence-corrected chi connectivity index (χ4v) is 1.88. The molecule has 0 amide bonds. The topological polar surface area (TPSA) is 21.3 Å². The fraction of sp³-hybridized carbons (Fsp3) is 0.600. The summed E-state index contributed by atoms with van der Waals surface area (Å²) in [5.74, 6) is -1.22. The third kappa shape index (κ3) is 4.88. The van der Waals surface area contributed by atoms with Crippen molar-refractivity contribution in [1.29, 1.82) is 0 Å². The first-order chi connectivity index (χ1) is 8.95. The minimum Gasteiger partial charge on any atom is -0.380 e. The highest BCUT2D eigenvalue weighted by molar-refractivity contribution is 5.20. The SMILES string of the molecule is CCOCC(NC(C)c1ccc(F)c(F)c1)C(C)C. The van der Waals surface area contributed by atoms with Gasteiger partial charge >= 0.3 is 0 Å². The Morgan fingerprint density at radius 3 is 2.37 bits per heavy atom. The Morgan fingerprint density at radius 2 is 1.84 bits per heavy atom. The molecule has 1 N–H and O–H groups in total. The predicted octanol–water partition coefficient (Wildman–Crippen LogP) is 3.68. The van der Waals surface area contributed by atoms with Crippen molar-refractivity contribution in [2.24, 2.45) is 5.92 Å². The van der Waals surface area contributed by atoms with Gasteiger partial charge in [-0.25, -0.2) is 8.78 Å². The molecule has 4 heteroatoms. The zero-order chi connectivity index (χ0) is 14.4. The quantitative estimate of drug-likeness (QED) is 0.817. The first-order valence-electron chi connectivity index (χ1n) is 6.74. The molecule has 108 valence electrons. The average Bonchev–Trinajstić information content (AvgIpc) is 2.37. The minimum atomic E-state index is -0.814. The van der Waals surface area contributed by atoms with Crippen LogP contribution >= 0.6 is 0 Å². The van der Waals surface area contributed by atoms with Crippen LogP contribution in [-0.4, -0.2) is 19.3 Å². The highest BCUT2D eigenvalue weighted by atomic mass is 19.2. The Balaban J connectivity index is 2.69. The highest BCUT2D eigenvalue weighted by Crippen LogP contribution is 2.18. The van der Waals surface area contributed by atoms with E-state index in [0.29, 0.717) is 19.1 Å². The Bertz CT molecular complexity index is 396. The summed E-state index contributed by atoms with van der Waals surface area (Å²) in [6.45, 7) is 9.39. The Labute approximate surface area is 114 Å². The zero-order valence-corrected chi connectivity index (χ0v) is 12.0. The maximum Gasteiger partial charge on any atom is 0.159 e. The van der Waals surface area contributed by atoms with Crippen LogP contribution in [0.15, 0.2) is 18.2 Å². The molecule has 0 radical (unpaired) electrons. The van der Waals surface area contributed by atoms with Gasteiger partial charge in [0.25, 0.3) is 0 Å². The lowest BCUT2D eigenvalue weighted by molar-refractivity contribution is 0.104. The van der Waals surface area contributed by atoms with Crippen LogP contribution in [0.25, 0.3) is 0 Å². The number of ether oxygens (including phenoxy) is 1. The molecule has 1 rings (SSSR count). The zero-order valence-electron chi connectivity index (χ0n) is 12.0. The summed E-state index contributed by atoms with van der Waals surface area (Å²) < 4.78 is 31.6. The fourth-order valence-electron chi connectivity index (χ4n) is 1.88. The summed E-state index contributed by atoms with van der Waals surface area (Å²) in [5.41, 5.74) is 0.737. The molecule has 0 aromatic heterocycles. The van der Waals surface area contributed by atoms with Crippen molar-refractivity contribution in [3.8, 4) is 0 Å². The average molecular weight is 271 g/mol. The van der Waals surface area contributed by atoms with Gasteiger partial charge in [0.2, 0.25) is 0 Å². The molecule has 0 aliphatic rings. The number of hydrogen-bond acceptors (Lipinski definition) is 2. The summed E-state index contributed by atoms with van der Waals surface area (Å²) in [6.07, 6.45) is 0. The van der Waals surface area contributed by atoms with Crippen molar-refractivity contribution < 1.29 is 13.5 Å². The first-order valence-corrected chi connectivity index (χ1v) is 6.74. The second-order valence-electron chi connectivity index (χ2n) is 5.07. The molecule has 0 saturated heterocycles. The molecule has 2 unspecified atom stereocenters. The summed E-state index contributed by atoms with van der Waals surface area (Å²) >= 11 is 0. The lowest BCUT2D eigenvalue weighted by Crippen LogP contribution is -2.39. The van der Waals surface area contributed by atoms with Gasteiger partial charge < -0.3 is 10.1 Å². The van der Waals surface area contributed by atoms with Crippen molar-refractivity contribution in [1.82, 2.24) is 5.32 Å². The number of nitrogens with one attached hydrogen (secondary N) is 1. The molecule has 19 heavy (non-hydrogen) atoms. The molecule has 1 aromatic carbocycles. The number of halogens is 2. The van der Waals surface area contributed by atoms with Gasteiger partial charge in [-0.15, -0.1) is 0 Å². The number of hydrogen-bond donors (Lipinski definition) is 1. The normalized spacial score (nSPS) is 14.7. The molecule has 0 spiro atoms. The van der Waals surface area contributed by atoms with Gasteiger partial charge in [-0.1, -0.05) is 19.9 Å². The van der Waals surface area contributed by atoms with Crippen LogP contribution in [0.3, 0.4) is 0 Å². The summed E-state index contributed by atoms with van der Waals surface area (Å²) in [5, 5.41) is 3.40. The lowest BCUT2D eigenvalue weighted by Gasteiger charge is -2.26. The van der Waals surface area contributed by atoms with Crippen molar-refractivity contribution in [3.05, 3.63) is 35.4 Å². The largest absolute Gasteiger partial charge is 0.380 e. The Kier molecular flexibility index (Phi) is 6.38. The standard InChI is InChI=1S/C15H23F2NO/c1-5-19-9-15(10(2)3)18-11(4)12-6-7-13(16)14(17)8-12/h6-8,10-11,15,18H,5,9H2,1-4H3. The van der Waals surface area contributed by atoms with Crippen molar-refractivity contribution in [2.45, 2.75) is 39.8 Å². The lowest BCUT2D eigenvalue weighted by atomic mass is 10.0. The van der Waals surface area contributed by atoms with Gasteiger partial charge in [0, 0.05) is 18.7 Å². The number of rotatable bonds is 7. The molecule has 2 atom stereocenters. The van der Waals surface area contributed by atoms with Crippen LogP contribution < -0.4 is 5.32 Å². The van der Waals surface area contributed by atoms with E-state index in [2.05, 4.69) is 19.2 Å². The Morgan fingerprint density at radius 1 is 1.16 bits per heavy atom. The van der Waals surface area contributed by atoms with Crippen LogP contribution in [0.2, 0.25) is 0 Å². The third-order valence-corrected chi connectivity index (χ3v) is 3.21. The van der Waals surface area contributed by atoms with Gasteiger partial charge in [-0.2, -0.15) is 0 Å². The molecule has 2 nitrogen and oxygen atoms in total. The van der Waals surface area contributed by atoms with E-state index in [4.69, 9.17) is 4.74 Å². The molecule has 0 aliphatic carbocycles. The molecule has 0 bridgehead atoms. The van der Waals surface area contributed by atoms with Gasteiger partial charge in [-0.05, 0) is 37.5 Å². The molecular formula is C15H23F2NO. The van der Waals surface area contributed by atoms with E-state index in [1.807, 2.05) is 13.8 Å². The van der Waals surface area contributed by atoms with Gasteiger partial charge in [0.05, 0.1) is 6.61 Å². The smallest absolute Gasteiger partial charge is 0.159 e. The van der Waals surface area contributed by atoms with E-state index in [0.717, 1.165) is 11.6 Å². The number of benzene rings is 1. The maximum atomic E-state index is 13.2. The third-order valence-electron chi connectivity index (χ3n) is 3.21. The minimum absolute atomic E-state index is 0.0528. The first kappa shape index (κ1) is 16.1. The molecule has 0 aliphatic heterocycles. The molecule has 1 aromatic rings. The van der Waals surface area contributed by atoms with Crippen molar-refractivity contribution in [3.63, 3.8) is 0 Å². The summed E-state index contributed by atoms with van der Waals surface area (Å²) in [4.78, 5) is 0. The van der Waals surface area contributed by atoms with Crippen molar-refractivity contribution in [2.75, 3.05) is 13.2 Å². The van der Waals surface area contributed by atoms with Gasteiger partial charge in [0.1, 0.15) is 0 Å². The molecule has 0 fully saturated rings. The van der Waals surface area contributed by atoms with Crippen LogP contribution in [0.1, 0.15) is 39.3 Å². The molecule has 0 saturated carbocycles. The van der Waals surface area contributed by atoms with Crippen LogP contribution in [0, 0.1) is 17.6 Å². The second-order valence-corrected chi connectivity index (χ2v) is 5.07. The van der Waals surface area contributed by atoms with Crippen molar-refractivity contribution >= 4 is 0 Å². The summed E-state index contributed by atoms with van der Waals surface area (Å²) in [7, 11) is 0. The summed E-state index contributed by atoms with van der Waals surface area (Å²) in [6, 6.07) is 4.14. The molecule has 0 heterocycles. The second kappa shape index (κ2) is 7.56. The monoisotopic (exact) mass is 271 g/mol.